The number of phenolic OH excluding ortho intramolecular Hbond substituents is 1. The van der Waals surface area contributed by atoms with E-state index in [4.69, 9.17) is 28.2 Å². The van der Waals surface area contributed by atoms with E-state index in [0.29, 0.717) is 10.1 Å². The zero-order valence-corrected chi connectivity index (χ0v) is 19.1. The maximum Gasteiger partial charge on any atom is 0.174 e. The second kappa shape index (κ2) is 8.86. The third-order valence-electron chi connectivity index (χ3n) is 5.15. The predicted octanol–water partition coefficient (Wildman–Crippen LogP) is 6.36. The number of aromatic nitrogens is 1. The lowest BCUT2D eigenvalue weighted by Gasteiger charge is -2.26. The smallest absolute Gasteiger partial charge is 0.174 e. The van der Waals surface area contributed by atoms with E-state index in [1.54, 1.807) is 18.3 Å². The van der Waals surface area contributed by atoms with Crippen LogP contribution < -0.4 is 10.2 Å². The summed E-state index contributed by atoms with van der Waals surface area (Å²) in [5.41, 5.74) is 1.72. The Bertz CT molecular complexity index is 1230. The van der Waals surface area contributed by atoms with Crippen molar-refractivity contribution in [1.82, 2.24) is 10.3 Å². The SMILES string of the molecule is Oc1ccc(N2C(=S)N[C@@H](c3ccccn3)[C@@H]2c2ccc(Sc3ccc(Cl)cc3)o2)cc1. The minimum Gasteiger partial charge on any atom is -0.508 e. The number of aromatic hydroxyl groups is 1. The number of furan rings is 1. The topological polar surface area (TPSA) is 61.5 Å². The van der Waals surface area contributed by atoms with E-state index in [2.05, 4.69) is 10.3 Å². The van der Waals surface area contributed by atoms with Crippen LogP contribution in [0.25, 0.3) is 0 Å². The Kier molecular flexibility index (Phi) is 5.78. The van der Waals surface area contributed by atoms with Crippen LogP contribution in [0.1, 0.15) is 23.5 Å². The molecule has 0 aliphatic carbocycles. The van der Waals surface area contributed by atoms with Gasteiger partial charge in [-0.05, 0) is 85.0 Å². The van der Waals surface area contributed by atoms with Crippen molar-refractivity contribution in [3.05, 3.63) is 102 Å². The fourth-order valence-corrected chi connectivity index (χ4v) is 4.95. The van der Waals surface area contributed by atoms with Gasteiger partial charge in [0.15, 0.2) is 10.2 Å². The fourth-order valence-electron chi connectivity index (χ4n) is 3.70. The number of rotatable bonds is 5. The number of pyridine rings is 1. The highest BCUT2D eigenvalue weighted by Crippen LogP contribution is 2.43. The molecular formula is C24H18ClN3O2S2. The van der Waals surface area contributed by atoms with Gasteiger partial charge in [0.2, 0.25) is 0 Å². The zero-order valence-electron chi connectivity index (χ0n) is 16.7. The lowest BCUT2D eigenvalue weighted by Crippen LogP contribution is -2.29. The molecular weight excluding hydrogens is 462 g/mol. The minimum absolute atomic E-state index is 0.197. The molecule has 4 aromatic rings. The van der Waals surface area contributed by atoms with E-state index in [-0.39, 0.29) is 17.8 Å². The first kappa shape index (κ1) is 20.9. The number of halogens is 1. The number of anilines is 1. The third kappa shape index (κ3) is 4.19. The Labute approximate surface area is 200 Å². The van der Waals surface area contributed by atoms with Crippen LogP contribution in [0.3, 0.4) is 0 Å². The Morgan fingerprint density at radius 1 is 1.00 bits per heavy atom. The Hall–Kier alpha value is -3.00. The molecule has 0 unspecified atom stereocenters. The van der Waals surface area contributed by atoms with Crippen LogP contribution in [0.4, 0.5) is 5.69 Å². The van der Waals surface area contributed by atoms with Gasteiger partial charge in [-0.1, -0.05) is 29.4 Å². The molecule has 0 bridgehead atoms. The first-order valence-electron chi connectivity index (χ1n) is 9.91. The third-order valence-corrected chi connectivity index (χ3v) is 6.65. The molecule has 0 amide bonds. The highest BCUT2D eigenvalue weighted by atomic mass is 35.5. The quantitative estimate of drug-likeness (QED) is 0.323. The molecule has 2 atom stereocenters. The number of benzene rings is 2. The number of phenols is 1. The van der Waals surface area contributed by atoms with Crippen LogP contribution in [0.5, 0.6) is 5.75 Å². The van der Waals surface area contributed by atoms with Crippen molar-refractivity contribution in [1.29, 1.82) is 0 Å². The summed E-state index contributed by atoms with van der Waals surface area (Å²) in [6, 6.07) is 23.9. The molecule has 5 rings (SSSR count). The summed E-state index contributed by atoms with van der Waals surface area (Å²) >= 11 is 13.2. The van der Waals surface area contributed by atoms with Crippen LogP contribution >= 0.6 is 35.6 Å². The molecule has 2 aromatic carbocycles. The van der Waals surface area contributed by atoms with Crippen LogP contribution in [0.15, 0.2) is 99.5 Å². The fraction of sp³-hybridized carbons (Fsp3) is 0.0833. The van der Waals surface area contributed by atoms with Crippen molar-refractivity contribution < 1.29 is 9.52 Å². The van der Waals surface area contributed by atoms with Gasteiger partial charge in [0.1, 0.15) is 17.6 Å². The van der Waals surface area contributed by atoms with Crippen molar-refractivity contribution in [3.8, 4) is 5.75 Å². The van der Waals surface area contributed by atoms with E-state index in [9.17, 15) is 5.11 Å². The minimum atomic E-state index is -0.249. The van der Waals surface area contributed by atoms with Gasteiger partial charge in [-0.25, -0.2) is 0 Å². The van der Waals surface area contributed by atoms with Gasteiger partial charge < -0.3 is 19.7 Å². The van der Waals surface area contributed by atoms with Gasteiger partial charge >= 0.3 is 0 Å². The van der Waals surface area contributed by atoms with Gasteiger partial charge in [0.25, 0.3) is 0 Å². The van der Waals surface area contributed by atoms with Crippen molar-refractivity contribution in [3.63, 3.8) is 0 Å². The van der Waals surface area contributed by atoms with Gasteiger partial charge in [-0.15, -0.1) is 0 Å². The molecule has 160 valence electrons. The first-order valence-corrected chi connectivity index (χ1v) is 11.5. The average molecular weight is 480 g/mol. The summed E-state index contributed by atoms with van der Waals surface area (Å²) in [6.45, 7) is 0. The second-order valence-corrected chi connectivity index (χ2v) is 9.13. The molecule has 8 heteroatoms. The van der Waals surface area contributed by atoms with Crippen LogP contribution in [-0.2, 0) is 0 Å². The van der Waals surface area contributed by atoms with Crippen LogP contribution in [0, 0.1) is 0 Å². The summed E-state index contributed by atoms with van der Waals surface area (Å²) in [4.78, 5) is 7.59. The number of hydrogen-bond donors (Lipinski definition) is 2. The van der Waals surface area contributed by atoms with E-state index < -0.39 is 0 Å². The van der Waals surface area contributed by atoms with E-state index in [1.807, 2.05) is 71.6 Å². The Morgan fingerprint density at radius 2 is 1.78 bits per heavy atom. The van der Waals surface area contributed by atoms with Crippen LogP contribution in [-0.4, -0.2) is 15.2 Å². The zero-order chi connectivity index (χ0) is 22.1. The molecule has 1 saturated heterocycles. The normalized spacial score (nSPS) is 18.0. The molecule has 0 spiro atoms. The number of nitrogens with one attached hydrogen (secondary N) is 1. The molecule has 2 N–H and O–H groups in total. The predicted molar refractivity (Wildman–Crippen MR) is 130 cm³/mol. The van der Waals surface area contributed by atoms with E-state index in [1.165, 1.54) is 11.8 Å². The van der Waals surface area contributed by atoms with E-state index >= 15 is 0 Å². The number of hydrogen-bond acceptors (Lipinski definition) is 5. The van der Waals surface area contributed by atoms with Crippen molar-refractivity contribution >= 4 is 46.4 Å². The van der Waals surface area contributed by atoms with Gasteiger partial charge in [0.05, 0.1) is 11.7 Å². The lowest BCUT2D eigenvalue weighted by molar-refractivity contribution is 0.383. The number of thiocarbonyl (C=S) groups is 1. The Morgan fingerprint density at radius 3 is 2.50 bits per heavy atom. The molecule has 0 saturated carbocycles. The molecule has 0 radical (unpaired) electrons. The van der Waals surface area contributed by atoms with Crippen molar-refractivity contribution in [2.45, 2.75) is 22.1 Å². The maximum atomic E-state index is 9.73. The van der Waals surface area contributed by atoms with Crippen LogP contribution in [0.2, 0.25) is 5.02 Å². The molecule has 2 aromatic heterocycles. The monoisotopic (exact) mass is 479 g/mol. The van der Waals surface area contributed by atoms with Gasteiger partial charge in [0, 0.05) is 21.8 Å². The molecule has 32 heavy (non-hydrogen) atoms. The first-order chi connectivity index (χ1) is 15.6. The maximum absolute atomic E-state index is 9.73. The highest BCUT2D eigenvalue weighted by molar-refractivity contribution is 7.99. The lowest BCUT2D eigenvalue weighted by atomic mass is 10.0. The average Bonchev–Trinajstić information content (AvgIpc) is 3.40. The van der Waals surface area contributed by atoms with Crippen molar-refractivity contribution in [2.75, 3.05) is 4.90 Å². The highest BCUT2D eigenvalue weighted by Gasteiger charge is 2.42. The summed E-state index contributed by atoms with van der Waals surface area (Å²) in [6.07, 6.45) is 1.77. The second-order valence-electron chi connectivity index (χ2n) is 7.23. The summed E-state index contributed by atoms with van der Waals surface area (Å²) in [7, 11) is 0. The summed E-state index contributed by atoms with van der Waals surface area (Å²) in [5, 5.41) is 15.2. The molecule has 5 nitrogen and oxygen atoms in total. The molecule has 1 aliphatic heterocycles. The van der Waals surface area contributed by atoms with E-state index in [0.717, 1.165) is 27.1 Å². The molecule has 1 fully saturated rings. The summed E-state index contributed by atoms with van der Waals surface area (Å²) in [5.74, 6) is 0.960. The van der Waals surface area contributed by atoms with Gasteiger partial charge in [-0.2, -0.15) is 0 Å². The Balaban J connectivity index is 1.52. The largest absolute Gasteiger partial charge is 0.508 e. The number of nitrogens with zero attached hydrogens (tertiary/aromatic N) is 2. The summed E-state index contributed by atoms with van der Waals surface area (Å²) < 4.78 is 6.29. The van der Waals surface area contributed by atoms with Gasteiger partial charge in [-0.3, -0.25) is 4.98 Å². The molecule has 3 heterocycles. The van der Waals surface area contributed by atoms with Crippen molar-refractivity contribution in [2.24, 2.45) is 0 Å². The molecule has 1 aliphatic rings. The standard InChI is InChI=1S/C24H18ClN3O2S2/c25-15-4-10-18(11-5-15)32-21-13-12-20(30-21)23-22(19-3-1-2-14-26-19)27-24(31)28(23)16-6-8-17(29)9-7-16/h1-14,22-23,29H,(H,27,31)/t22-,23-/m0/s1.